The van der Waals surface area contributed by atoms with Crippen LogP contribution in [-0.4, -0.2) is 23.4 Å². The molecule has 1 heterocycles. The standard InChI is InChI=1S/C12H15Br2F3N2/c1-2-3-5-19(6-4-13)11-10(12(15,16)17)7-9(14)8-18-11/h7-8H,2-6H2,1H3. The first-order valence-corrected chi connectivity index (χ1v) is 7.85. The summed E-state index contributed by atoms with van der Waals surface area (Å²) < 4.78 is 39.5. The first kappa shape index (κ1) is 16.8. The molecule has 0 bridgehead atoms. The molecule has 1 aromatic rings. The molecule has 0 saturated heterocycles. The van der Waals surface area contributed by atoms with Crippen molar-refractivity contribution in [1.82, 2.24) is 4.98 Å². The van der Waals surface area contributed by atoms with Gasteiger partial charge in [0.2, 0.25) is 0 Å². The van der Waals surface area contributed by atoms with Crippen LogP contribution in [0, 0.1) is 0 Å². The van der Waals surface area contributed by atoms with E-state index in [2.05, 4.69) is 36.8 Å². The Bertz CT molecular complexity index is 410. The molecule has 0 unspecified atom stereocenters. The topological polar surface area (TPSA) is 16.1 Å². The third-order valence-electron chi connectivity index (χ3n) is 2.57. The summed E-state index contributed by atoms with van der Waals surface area (Å²) in [4.78, 5) is 5.63. The summed E-state index contributed by atoms with van der Waals surface area (Å²) >= 11 is 6.31. The molecular weight excluding hydrogens is 389 g/mol. The third-order valence-corrected chi connectivity index (χ3v) is 3.36. The monoisotopic (exact) mass is 402 g/mol. The number of hydrogen-bond donors (Lipinski definition) is 0. The van der Waals surface area contributed by atoms with Gasteiger partial charge in [-0.2, -0.15) is 13.2 Å². The van der Waals surface area contributed by atoms with Gasteiger partial charge in [0.25, 0.3) is 0 Å². The van der Waals surface area contributed by atoms with Crippen molar-refractivity contribution in [3.8, 4) is 0 Å². The predicted octanol–water partition coefficient (Wildman–Crippen LogP) is 4.86. The quantitative estimate of drug-likeness (QED) is 0.630. The fraction of sp³-hybridized carbons (Fsp3) is 0.583. The molecule has 0 aliphatic carbocycles. The van der Waals surface area contributed by atoms with Gasteiger partial charge in [-0.1, -0.05) is 29.3 Å². The molecule has 2 nitrogen and oxygen atoms in total. The van der Waals surface area contributed by atoms with E-state index in [-0.39, 0.29) is 5.82 Å². The summed E-state index contributed by atoms with van der Waals surface area (Å²) in [5.41, 5.74) is -0.695. The summed E-state index contributed by atoms with van der Waals surface area (Å²) in [6, 6.07) is 1.08. The van der Waals surface area contributed by atoms with Crippen LogP contribution in [0.3, 0.4) is 0 Å². The van der Waals surface area contributed by atoms with Crippen LogP contribution in [0.2, 0.25) is 0 Å². The fourth-order valence-corrected chi connectivity index (χ4v) is 2.43. The number of unbranched alkanes of at least 4 members (excludes halogenated alkanes) is 1. The number of nitrogens with zero attached hydrogens (tertiary/aromatic N) is 2. The van der Waals surface area contributed by atoms with E-state index in [1.807, 2.05) is 6.92 Å². The maximum Gasteiger partial charge on any atom is 0.419 e. The molecule has 0 atom stereocenters. The Balaban J connectivity index is 3.14. The maximum atomic E-state index is 13.1. The van der Waals surface area contributed by atoms with Gasteiger partial charge in [0.15, 0.2) is 0 Å². The highest BCUT2D eigenvalue weighted by atomic mass is 79.9. The minimum Gasteiger partial charge on any atom is -0.355 e. The lowest BCUT2D eigenvalue weighted by atomic mass is 10.2. The van der Waals surface area contributed by atoms with Crippen molar-refractivity contribution in [1.29, 1.82) is 0 Å². The van der Waals surface area contributed by atoms with Crippen LogP contribution in [0.15, 0.2) is 16.7 Å². The van der Waals surface area contributed by atoms with Gasteiger partial charge in [0.05, 0.1) is 5.56 Å². The lowest BCUT2D eigenvalue weighted by Gasteiger charge is -2.25. The normalized spacial score (nSPS) is 11.7. The van der Waals surface area contributed by atoms with E-state index in [4.69, 9.17) is 0 Å². The summed E-state index contributed by atoms with van der Waals surface area (Å²) in [6.45, 7) is 3.07. The van der Waals surface area contributed by atoms with Crippen molar-refractivity contribution in [2.75, 3.05) is 23.3 Å². The number of hydrogen-bond acceptors (Lipinski definition) is 2. The molecule has 1 aromatic heterocycles. The Hall–Kier alpha value is -0.300. The molecule has 0 N–H and O–H groups in total. The van der Waals surface area contributed by atoms with Crippen molar-refractivity contribution in [2.45, 2.75) is 25.9 Å². The number of alkyl halides is 4. The van der Waals surface area contributed by atoms with Crippen molar-refractivity contribution >= 4 is 37.7 Å². The number of rotatable bonds is 6. The van der Waals surface area contributed by atoms with Crippen LogP contribution in [0.5, 0.6) is 0 Å². The predicted molar refractivity (Wildman–Crippen MR) is 77.9 cm³/mol. The molecule has 7 heteroatoms. The molecule has 0 fully saturated rings. The second-order valence-electron chi connectivity index (χ2n) is 4.05. The van der Waals surface area contributed by atoms with E-state index in [0.717, 1.165) is 18.9 Å². The first-order valence-electron chi connectivity index (χ1n) is 5.93. The van der Waals surface area contributed by atoms with Crippen LogP contribution in [0.25, 0.3) is 0 Å². The van der Waals surface area contributed by atoms with Gasteiger partial charge < -0.3 is 4.90 Å². The van der Waals surface area contributed by atoms with Gasteiger partial charge in [0, 0.05) is 29.1 Å². The molecule has 0 aliphatic rings. The molecule has 0 spiro atoms. The molecule has 0 radical (unpaired) electrons. The van der Waals surface area contributed by atoms with Gasteiger partial charge in [-0.3, -0.25) is 0 Å². The number of halogens is 5. The van der Waals surface area contributed by atoms with Crippen LogP contribution in [0.4, 0.5) is 19.0 Å². The first-order chi connectivity index (χ1) is 8.90. The van der Waals surface area contributed by atoms with Crippen molar-refractivity contribution in [2.24, 2.45) is 0 Å². The Morgan fingerprint density at radius 3 is 2.53 bits per heavy atom. The third kappa shape index (κ3) is 4.95. The smallest absolute Gasteiger partial charge is 0.355 e. The van der Waals surface area contributed by atoms with Gasteiger partial charge in [-0.05, 0) is 28.4 Å². The van der Waals surface area contributed by atoms with E-state index in [1.54, 1.807) is 4.90 Å². The molecule has 0 aromatic carbocycles. The second-order valence-corrected chi connectivity index (χ2v) is 5.76. The van der Waals surface area contributed by atoms with Crippen molar-refractivity contribution in [3.05, 3.63) is 22.3 Å². The van der Waals surface area contributed by atoms with Crippen molar-refractivity contribution in [3.63, 3.8) is 0 Å². The summed E-state index contributed by atoms with van der Waals surface area (Å²) in [5, 5.41) is 0.603. The summed E-state index contributed by atoms with van der Waals surface area (Å²) in [7, 11) is 0. The van der Waals surface area contributed by atoms with E-state index >= 15 is 0 Å². The Morgan fingerprint density at radius 1 is 1.32 bits per heavy atom. The molecule has 0 amide bonds. The summed E-state index contributed by atoms with van der Waals surface area (Å²) in [5.74, 6) is 0.00333. The molecule has 19 heavy (non-hydrogen) atoms. The zero-order valence-electron chi connectivity index (χ0n) is 10.5. The van der Waals surface area contributed by atoms with E-state index in [0.29, 0.717) is 22.9 Å². The zero-order valence-corrected chi connectivity index (χ0v) is 13.6. The Kier molecular flexibility index (Phi) is 6.59. The highest BCUT2D eigenvalue weighted by Crippen LogP contribution is 2.36. The lowest BCUT2D eigenvalue weighted by Crippen LogP contribution is -2.30. The minimum absolute atomic E-state index is 0.00333. The molecule has 108 valence electrons. The van der Waals surface area contributed by atoms with Gasteiger partial charge in [-0.25, -0.2) is 4.98 Å². The average Bonchev–Trinajstić information content (AvgIpc) is 2.33. The minimum atomic E-state index is -4.40. The van der Waals surface area contributed by atoms with Crippen LogP contribution < -0.4 is 4.90 Å². The number of pyridine rings is 1. The van der Waals surface area contributed by atoms with Crippen LogP contribution in [0.1, 0.15) is 25.3 Å². The number of aromatic nitrogens is 1. The van der Waals surface area contributed by atoms with E-state index in [9.17, 15) is 13.2 Å². The lowest BCUT2D eigenvalue weighted by molar-refractivity contribution is -0.137. The van der Waals surface area contributed by atoms with Gasteiger partial charge in [-0.15, -0.1) is 0 Å². The molecule has 0 saturated carbocycles. The van der Waals surface area contributed by atoms with E-state index in [1.165, 1.54) is 6.20 Å². The highest BCUT2D eigenvalue weighted by Gasteiger charge is 2.36. The number of anilines is 1. The van der Waals surface area contributed by atoms with Crippen LogP contribution in [-0.2, 0) is 6.18 Å². The van der Waals surface area contributed by atoms with Gasteiger partial charge >= 0.3 is 6.18 Å². The Morgan fingerprint density at radius 2 is 2.00 bits per heavy atom. The second kappa shape index (κ2) is 7.47. The van der Waals surface area contributed by atoms with Gasteiger partial charge in [0.1, 0.15) is 5.82 Å². The Labute approximate surface area is 127 Å². The molecular formula is C12H15Br2F3N2. The maximum absolute atomic E-state index is 13.1. The fourth-order valence-electron chi connectivity index (χ4n) is 1.67. The van der Waals surface area contributed by atoms with E-state index < -0.39 is 11.7 Å². The zero-order chi connectivity index (χ0) is 14.5. The molecule has 0 aliphatic heterocycles. The summed E-state index contributed by atoms with van der Waals surface area (Å²) in [6.07, 6.45) is -1.24. The van der Waals surface area contributed by atoms with Crippen molar-refractivity contribution < 1.29 is 13.2 Å². The highest BCUT2D eigenvalue weighted by molar-refractivity contribution is 9.10. The van der Waals surface area contributed by atoms with Crippen LogP contribution >= 0.6 is 31.9 Å². The molecule has 1 rings (SSSR count). The largest absolute Gasteiger partial charge is 0.419 e. The average molecular weight is 404 g/mol. The SMILES string of the molecule is CCCCN(CCBr)c1ncc(Br)cc1C(F)(F)F.